The van der Waals surface area contributed by atoms with E-state index in [0.29, 0.717) is 33.8 Å². The van der Waals surface area contributed by atoms with E-state index in [9.17, 15) is 14.7 Å². The molecular formula is C28H20N4O5. The minimum atomic E-state index is -1.23. The second-order valence-electron chi connectivity index (χ2n) is 8.52. The van der Waals surface area contributed by atoms with Gasteiger partial charge in [0, 0.05) is 11.8 Å². The third kappa shape index (κ3) is 3.98. The second kappa shape index (κ2) is 8.72. The van der Waals surface area contributed by atoms with Gasteiger partial charge in [0.05, 0.1) is 22.6 Å². The highest BCUT2D eigenvalue weighted by Gasteiger charge is 2.40. The number of H-pyrrole nitrogens is 1. The van der Waals surface area contributed by atoms with Crippen LogP contribution >= 0.6 is 0 Å². The lowest BCUT2D eigenvalue weighted by molar-refractivity contribution is 0.0991. The van der Waals surface area contributed by atoms with Crippen molar-refractivity contribution in [1.82, 2.24) is 9.97 Å². The molecule has 0 saturated carbocycles. The predicted octanol–water partition coefficient (Wildman–Crippen LogP) is 5.90. The number of aromatic amines is 1. The molecule has 37 heavy (non-hydrogen) atoms. The number of benzene rings is 4. The van der Waals surface area contributed by atoms with Gasteiger partial charge in [-0.2, -0.15) is 0 Å². The van der Waals surface area contributed by atoms with Crippen LogP contribution in [0.25, 0.3) is 11.0 Å². The third-order valence-corrected chi connectivity index (χ3v) is 6.18. The maximum Gasteiger partial charge on any atom is 0.411 e. The van der Waals surface area contributed by atoms with Crippen LogP contribution in [0.3, 0.4) is 0 Å². The summed E-state index contributed by atoms with van der Waals surface area (Å²) in [6.07, 6.45) is -1.23. The van der Waals surface area contributed by atoms with Gasteiger partial charge >= 0.3 is 6.09 Å². The predicted molar refractivity (Wildman–Crippen MR) is 137 cm³/mol. The molecule has 2 amide bonds. The number of fused-ring (bicyclic) bond motifs is 2. The molecule has 4 N–H and O–H groups in total. The molecular weight excluding hydrogens is 472 g/mol. The molecule has 9 heteroatoms. The van der Waals surface area contributed by atoms with Crippen molar-refractivity contribution >= 4 is 34.7 Å². The van der Waals surface area contributed by atoms with Crippen molar-refractivity contribution in [2.75, 3.05) is 10.2 Å². The molecule has 6 rings (SSSR count). The Hall–Kier alpha value is -5.31. The number of hydrogen-bond acceptors (Lipinski definition) is 5. The Labute approximate surface area is 210 Å². The number of phenols is 1. The summed E-state index contributed by atoms with van der Waals surface area (Å²) in [4.78, 5) is 33.5. The van der Waals surface area contributed by atoms with Gasteiger partial charge in [0.1, 0.15) is 17.2 Å². The first-order chi connectivity index (χ1) is 18.0. The van der Waals surface area contributed by atoms with E-state index >= 15 is 0 Å². The number of aromatic nitrogens is 2. The average Bonchev–Trinajstić information content (AvgIpc) is 3.42. The van der Waals surface area contributed by atoms with E-state index in [-0.39, 0.29) is 23.2 Å². The Bertz CT molecular complexity index is 1660. The topological polar surface area (TPSA) is 128 Å². The lowest BCUT2D eigenvalue weighted by Gasteiger charge is -2.26. The number of hydrogen-bond donors (Lipinski definition) is 4. The van der Waals surface area contributed by atoms with Crippen LogP contribution in [0.15, 0.2) is 91.0 Å². The van der Waals surface area contributed by atoms with Crippen molar-refractivity contribution < 1.29 is 24.5 Å². The molecule has 2 heterocycles. The van der Waals surface area contributed by atoms with Gasteiger partial charge < -0.3 is 19.9 Å². The van der Waals surface area contributed by atoms with E-state index in [4.69, 9.17) is 9.84 Å². The summed E-state index contributed by atoms with van der Waals surface area (Å²) in [6, 6.07) is 26.4. The number of phenolic OH excluding ortho intramolecular Hbond substituents is 1. The Morgan fingerprint density at radius 3 is 2.54 bits per heavy atom. The van der Waals surface area contributed by atoms with Gasteiger partial charge in [0.25, 0.3) is 5.91 Å². The van der Waals surface area contributed by atoms with Crippen molar-refractivity contribution in [2.45, 2.75) is 6.04 Å². The Balaban J connectivity index is 1.45. The molecule has 0 spiro atoms. The van der Waals surface area contributed by atoms with Crippen molar-refractivity contribution in [3.8, 4) is 17.2 Å². The molecule has 0 radical (unpaired) electrons. The smallest absolute Gasteiger partial charge is 0.411 e. The van der Waals surface area contributed by atoms with Gasteiger partial charge in [0.2, 0.25) is 5.95 Å². The van der Waals surface area contributed by atoms with E-state index < -0.39 is 12.1 Å². The van der Waals surface area contributed by atoms with Gasteiger partial charge in [-0.15, -0.1) is 0 Å². The van der Waals surface area contributed by atoms with E-state index in [1.54, 1.807) is 23.1 Å². The highest BCUT2D eigenvalue weighted by atomic mass is 16.5. The van der Waals surface area contributed by atoms with E-state index in [2.05, 4.69) is 15.3 Å². The van der Waals surface area contributed by atoms with Gasteiger partial charge in [-0.3, -0.25) is 15.0 Å². The van der Waals surface area contributed by atoms with Gasteiger partial charge in [-0.05, 0) is 53.6 Å². The SMILES string of the molecule is O=C(O)Nc1nc2ccc(C3c4cccc(O)c4C(=O)N3c3cccc(Oc4ccccc4)c3)cc2[nH]1. The zero-order valence-corrected chi connectivity index (χ0v) is 19.3. The average molecular weight is 492 g/mol. The van der Waals surface area contributed by atoms with Crippen molar-refractivity contribution in [1.29, 1.82) is 0 Å². The minimum absolute atomic E-state index is 0.0951. The summed E-state index contributed by atoms with van der Waals surface area (Å²) in [5.74, 6) is 0.891. The summed E-state index contributed by atoms with van der Waals surface area (Å²) in [6.45, 7) is 0. The normalized spacial score (nSPS) is 14.5. The summed E-state index contributed by atoms with van der Waals surface area (Å²) >= 11 is 0. The molecule has 0 fully saturated rings. The maximum absolute atomic E-state index is 13.7. The van der Waals surface area contributed by atoms with E-state index in [1.807, 2.05) is 66.7 Å². The summed E-state index contributed by atoms with van der Waals surface area (Å²) in [5, 5.41) is 21.8. The first-order valence-corrected chi connectivity index (χ1v) is 11.5. The first-order valence-electron chi connectivity index (χ1n) is 11.5. The fourth-order valence-corrected chi connectivity index (χ4v) is 4.67. The molecule has 4 aromatic carbocycles. The van der Waals surface area contributed by atoms with Crippen LogP contribution in [0.4, 0.5) is 16.4 Å². The number of para-hydroxylation sites is 1. The quantitative estimate of drug-likeness (QED) is 0.242. The number of carboxylic acid groups (broad SMARTS) is 1. The van der Waals surface area contributed by atoms with Gasteiger partial charge in [-0.1, -0.05) is 42.5 Å². The van der Waals surface area contributed by atoms with Crippen molar-refractivity contribution in [3.63, 3.8) is 0 Å². The number of anilines is 2. The molecule has 0 bridgehead atoms. The molecule has 1 aliphatic heterocycles. The first kappa shape index (κ1) is 22.2. The second-order valence-corrected chi connectivity index (χ2v) is 8.52. The Kier molecular flexibility index (Phi) is 5.23. The lowest BCUT2D eigenvalue weighted by Crippen LogP contribution is -2.28. The van der Waals surface area contributed by atoms with Crippen LogP contribution in [0, 0.1) is 0 Å². The van der Waals surface area contributed by atoms with E-state index in [1.165, 1.54) is 6.07 Å². The number of imidazole rings is 1. The van der Waals surface area contributed by atoms with Crippen LogP contribution in [0.5, 0.6) is 17.2 Å². The summed E-state index contributed by atoms with van der Waals surface area (Å²) < 4.78 is 5.99. The minimum Gasteiger partial charge on any atom is -0.507 e. The fourth-order valence-electron chi connectivity index (χ4n) is 4.67. The zero-order valence-electron chi connectivity index (χ0n) is 19.3. The van der Waals surface area contributed by atoms with Gasteiger partial charge in [-0.25, -0.2) is 9.78 Å². The molecule has 1 aliphatic rings. The number of nitrogens with zero attached hydrogens (tertiary/aromatic N) is 2. The maximum atomic E-state index is 13.7. The molecule has 9 nitrogen and oxygen atoms in total. The van der Waals surface area contributed by atoms with Crippen LogP contribution in [-0.4, -0.2) is 32.2 Å². The number of amides is 2. The lowest BCUT2D eigenvalue weighted by atomic mass is 9.97. The summed E-state index contributed by atoms with van der Waals surface area (Å²) in [7, 11) is 0. The molecule has 0 aliphatic carbocycles. The molecule has 1 atom stereocenters. The van der Waals surface area contributed by atoms with Gasteiger partial charge in [0.15, 0.2) is 0 Å². The number of nitrogens with one attached hydrogen (secondary N) is 2. The molecule has 5 aromatic rings. The highest BCUT2D eigenvalue weighted by Crippen LogP contribution is 2.45. The largest absolute Gasteiger partial charge is 0.507 e. The van der Waals surface area contributed by atoms with E-state index in [0.717, 1.165) is 5.56 Å². The monoisotopic (exact) mass is 492 g/mol. The number of rotatable bonds is 5. The van der Waals surface area contributed by atoms with Crippen LogP contribution < -0.4 is 15.0 Å². The molecule has 182 valence electrons. The summed E-state index contributed by atoms with van der Waals surface area (Å²) in [5.41, 5.74) is 3.41. The highest BCUT2D eigenvalue weighted by molar-refractivity contribution is 6.13. The van der Waals surface area contributed by atoms with Crippen molar-refractivity contribution in [3.05, 3.63) is 108 Å². The fraction of sp³-hybridized carbons (Fsp3) is 0.0357. The van der Waals surface area contributed by atoms with Crippen LogP contribution in [0.1, 0.15) is 27.5 Å². The number of carbonyl (C=O) groups is 2. The Morgan fingerprint density at radius 2 is 1.73 bits per heavy atom. The number of carbonyl (C=O) groups excluding carboxylic acids is 1. The van der Waals surface area contributed by atoms with Crippen LogP contribution in [-0.2, 0) is 0 Å². The Morgan fingerprint density at radius 1 is 0.946 bits per heavy atom. The van der Waals surface area contributed by atoms with Crippen LogP contribution in [0.2, 0.25) is 0 Å². The molecule has 1 unspecified atom stereocenters. The standard InChI is InChI=1S/C28H20N4O5/c33-23-11-5-10-20-24(23)26(34)32(17-6-4-9-19(15-17)37-18-7-2-1-3-8-18)25(20)16-12-13-21-22(14-16)30-27(29-21)31-28(35)36/h1-15,25,33H,(H,35,36)(H2,29,30,31). The zero-order chi connectivity index (χ0) is 25.5. The molecule has 0 saturated heterocycles. The molecule has 1 aromatic heterocycles. The van der Waals surface area contributed by atoms with Crippen molar-refractivity contribution in [2.24, 2.45) is 0 Å². The number of aromatic hydroxyl groups is 1. The number of ether oxygens (including phenoxy) is 1. The third-order valence-electron chi connectivity index (χ3n) is 6.18.